The van der Waals surface area contributed by atoms with Gasteiger partial charge in [0, 0.05) is 16.3 Å². The fourth-order valence-electron chi connectivity index (χ4n) is 1.88. The minimum Gasteiger partial charge on any atom is -0.452 e. The van der Waals surface area contributed by atoms with E-state index in [1.54, 1.807) is 18.2 Å². The molecule has 0 heterocycles. The molecule has 0 saturated carbocycles. The van der Waals surface area contributed by atoms with Gasteiger partial charge in [0.15, 0.2) is 12.4 Å². The maximum atomic E-state index is 13.6. The summed E-state index contributed by atoms with van der Waals surface area (Å²) in [5.41, 5.74) is 0.514. The maximum Gasteiger partial charge on any atom is 0.341 e. The van der Waals surface area contributed by atoms with Crippen LogP contribution in [0, 0.1) is 5.82 Å². The molecular formula is C17H13ClFNO4. The number of hydrogen-bond acceptors (Lipinski definition) is 4. The van der Waals surface area contributed by atoms with Gasteiger partial charge in [-0.25, -0.2) is 9.18 Å². The lowest BCUT2D eigenvalue weighted by Gasteiger charge is -2.08. The number of Topliss-reactive ketones (excluding diaryl/α,β-unsaturated/α-hetero) is 1. The number of ketones is 1. The highest BCUT2D eigenvalue weighted by Crippen LogP contribution is 2.15. The lowest BCUT2D eigenvalue weighted by atomic mass is 10.1. The average molecular weight is 350 g/mol. The first-order valence-corrected chi connectivity index (χ1v) is 7.27. The zero-order valence-corrected chi connectivity index (χ0v) is 13.4. The second kappa shape index (κ2) is 7.70. The monoisotopic (exact) mass is 349 g/mol. The van der Waals surface area contributed by atoms with Crippen molar-refractivity contribution < 1.29 is 23.5 Å². The van der Waals surface area contributed by atoms with Crippen LogP contribution in [-0.4, -0.2) is 24.3 Å². The van der Waals surface area contributed by atoms with E-state index in [1.165, 1.54) is 25.1 Å². The van der Waals surface area contributed by atoms with Crippen LogP contribution in [0.4, 0.5) is 10.1 Å². The molecule has 0 aliphatic heterocycles. The summed E-state index contributed by atoms with van der Waals surface area (Å²) >= 11 is 5.59. The summed E-state index contributed by atoms with van der Waals surface area (Å²) in [4.78, 5) is 34.8. The predicted molar refractivity (Wildman–Crippen MR) is 86.8 cm³/mol. The first-order valence-electron chi connectivity index (χ1n) is 6.90. The molecule has 2 rings (SSSR count). The Balaban J connectivity index is 1.94. The van der Waals surface area contributed by atoms with Crippen LogP contribution in [-0.2, 0) is 9.53 Å². The minimum atomic E-state index is -0.975. The van der Waals surface area contributed by atoms with E-state index in [2.05, 4.69) is 5.32 Å². The first-order chi connectivity index (χ1) is 11.4. The molecule has 7 heteroatoms. The Labute approximate surface area is 142 Å². The molecule has 124 valence electrons. The van der Waals surface area contributed by atoms with E-state index in [4.69, 9.17) is 16.3 Å². The van der Waals surface area contributed by atoms with Gasteiger partial charge in [0.1, 0.15) is 5.82 Å². The first kappa shape index (κ1) is 17.6. The quantitative estimate of drug-likeness (QED) is 0.662. The molecule has 0 bridgehead atoms. The zero-order valence-electron chi connectivity index (χ0n) is 12.6. The third kappa shape index (κ3) is 4.63. The van der Waals surface area contributed by atoms with Crippen LogP contribution >= 0.6 is 11.6 Å². The van der Waals surface area contributed by atoms with Gasteiger partial charge in [0.2, 0.25) is 0 Å². The van der Waals surface area contributed by atoms with Gasteiger partial charge < -0.3 is 10.1 Å². The Morgan fingerprint density at radius 1 is 1.17 bits per heavy atom. The lowest BCUT2D eigenvalue weighted by Crippen LogP contribution is -2.21. The highest BCUT2D eigenvalue weighted by molar-refractivity contribution is 6.30. The summed E-state index contributed by atoms with van der Waals surface area (Å²) in [6.45, 7) is 0.814. The predicted octanol–water partition coefficient (Wildman–Crippen LogP) is 3.48. The Morgan fingerprint density at radius 3 is 2.58 bits per heavy atom. The van der Waals surface area contributed by atoms with E-state index in [-0.39, 0.29) is 16.4 Å². The molecule has 0 radical (unpaired) electrons. The molecule has 1 N–H and O–H groups in total. The molecule has 0 saturated heterocycles. The number of nitrogens with one attached hydrogen (secondary N) is 1. The molecular weight excluding hydrogens is 337 g/mol. The Kier molecular flexibility index (Phi) is 5.65. The van der Waals surface area contributed by atoms with Gasteiger partial charge in [-0.05, 0) is 37.3 Å². The number of carbonyl (C=O) groups excluding carboxylic acids is 3. The maximum absolute atomic E-state index is 13.6. The summed E-state index contributed by atoms with van der Waals surface area (Å²) in [6, 6.07) is 9.81. The van der Waals surface area contributed by atoms with Crippen molar-refractivity contribution in [3.05, 3.63) is 64.4 Å². The van der Waals surface area contributed by atoms with Crippen LogP contribution in [0.3, 0.4) is 0 Å². The van der Waals surface area contributed by atoms with E-state index in [0.717, 1.165) is 6.07 Å². The van der Waals surface area contributed by atoms with Gasteiger partial charge in [-0.2, -0.15) is 0 Å². The van der Waals surface area contributed by atoms with E-state index in [0.29, 0.717) is 11.3 Å². The molecule has 0 fully saturated rings. The standard InChI is InChI=1S/C17H13ClFNO4/c1-10(21)11-3-2-4-13(7-11)20-16(22)9-24-17(23)14-6-5-12(18)8-15(14)19/h2-8H,9H2,1H3,(H,20,22). The second-order valence-electron chi connectivity index (χ2n) is 4.89. The molecule has 0 aliphatic carbocycles. The summed E-state index contributed by atoms with van der Waals surface area (Å²) in [5.74, 6) is -2.56. The largest absolute Gasteiger partial charge is 0.452 e. The van der Waals surface area contributed by atoms with E-state index in [9.17, 15) is 18.8 Å². The van der Waals surface area contributed by atoms with Gasteiger partial charge in [0.05, 0.1) is 5.56 Å². The van der Waals surface area contributed by atoms with E-state index < -0.39 is 24.3 Å². The van der Waals surface area contributed by atoms with Crippen molar-refractivity contribution >= 4 is 34.9 Å². The number of carbonyl (C=O) groups is 3. The Morgan fingerprint density at radius 2 is 1.92 bits per heavy atom. The zero-order chi connectivity index (χ0) is 17.7. The third-order valence-corrected chi connectivity index (χ3v) is 3.27. The number of esters is 1. The molecule has 2 aromatic rings. The van der Waals surface area contributed by atoms with Gasteiger partial charge >= 0.3 is 5.97 Å². The highest BCUT2D eigenvalue weighted by atomic mass is 35.5. The van der Waals surface area contributed by atoms with E-state index in [1.807, 2.05) is 0 Å². The second-order valence-corrected chi connectivity index (χ2v) is 5.32. The number of ether oxygens (including phenoxy) is 1. The van der Waals surface area contributed by atoms with Crippen molar-refractivity contribution in [2.24, 2.45) is 0 Å². The average Bonchev–Trinajstić information content (AvgIpc) is 2.53. The number of rotatable bonds is 5. The van der Waals surface area contributed by atoms with Crippen LogP contribution in [0.15, 0.2) is 42.5 Å². The fourth-order valence-corrected chi connectivity index (χ4v) is 2.04. The topological polar surface area (TPSA) is 72.5 Å². The van der Waals surface area contributed by atoms with Crippen LogP contribution in [0.25, 0.3) is 0 Å². The van der Waals surface area contributed by atoms with Crippen molar-refractivity contribution in [1.29, 1.82) is 0 Å². The molecule has 0 aliphatic rings. The Hall–Kier alpha value is -2.73. The number of hydrogen-bond donors (Lipinski definition) is 1. The lowest BCUT2D eigenvalue weighted by molar-refractivity contribution is -0.119. The van der Waals surface area contributed by atoms with Gasteiger partial charge in [-0.3, -0.25) is 9.59 Å². The van der Waals surface area contributed by atoms with Crippen LogP contribution in [0.1, 0.15) is 27.6 Å². The SMILES string of the molecule is CC(=O)c1cccc(NC(=O)COC(=O)c2ccc(Cl)cc2F)c1. The van der Waals surface area contributed by atoms with Gasteiger partial charge in [-0.1, -0.05) is 23.7 Å². The molecule has 1 amide bonds. The summed E-state index contributed by atoms with van der Waals surface area (Å²) in [7, 11) is 0. The molecule has 24 heavy (non-hydrogen) atoms. The van der Waals surface area contributed by atoms with Crippen LogP contribution in [0.2, 0.25) is 5.02 Å². The molecule has 0 atom stereocenters. The van der Waals surface area contributed by atoms with Crippen LogP contribution in [0.5, 0.6) is 0 Å². The number of halogens is 2. The van der Waals surface area contributed by atoms with Crippen molar-refractivity contribution in [2.75, 3.05) is 11.9 Å². The summed E-state index contributed by atoms with van der Waals surface area (Å²) < 4.78 is 18.3. The normalized spacial score (nSPS) is 10.1. The number of amides is 1. The van der Waals surface area contributed by atoms with Crippen molar-refractivity contribution in [3.63, 3.8) is 0 Å². The Bertz CT molecular complexity index is 807. The smallest absolute Gasteiger partial charge is 0.341 e. The molecule has 0 spiro atoms. The number of anilines is 1. The third-order valence-electron chi connectivity index (χ3n) is 3.04. The highest BCUT2D eigenvalue weighted by Gasteiger charge is 2.15. The summed E-state index contributed by atoms with van der Waals surface area (Å²) in [5, 5.41) is 2.63. The van der Waals surface area contributed by atoms with Gasteiger partial charge in [-0.15, -0.1) is 0 Å². The van der Waals surface area contributed by atoms with Crippen molar-refractivity contribution in [2.45, 2.75) is 6.92 Å². The molecule has 2 aromatic carbocycles. The summed E-state index contributed by atoms with van der Waals surface area (Å²) in [6.07, 6.45) is 0. The van der Waals surface area contributed by atoms with Gasteiger partial charge in [0.25, 0.3) is 5.91 Å². The minimum absolute atomic E-state index is 0.143. The molecule has 0 unspecified atom stereocenters. The van der Waals surface area contributed by atoms with Crippen molar-refractivity contribution in [3.8, 4) is 0 Å². The van der Waals surface area contributed by atoms with Crippen LogP contribution < -0.4 is 5.32 Å². The molecule has 0 aromatic heterocycles. The molecule has 5 nitrogen and oxygen atoms in total. The van der Waals surface area contributed by atoms with E-state index >= 15 is 0 Å². The van der Waals surface area contributed by atoms with Crippen molar-refractivity contribution in [1.82, 2.24) is 0 Å². The number of benzene rings is 2. The fraction of sp³-hybridized carbons (Fsp3) is 0.118.